The Kier molecular flexibility index (Phi) is 7.50. The van der Waals surface area contributed by atoms with Gasteiger partial charge in [-0.25, -0.2) is 0 Å². The Morgan fingerprint density at radius 1 is 1.10 bits per heavy atom. The molecule has 0 radical (unpaired) electrons. The summed E-state index contributed by atoms with van der Waals surface area (Å²) in [6.45, 7) is 4.09. The smallest absolute Gasteiger partial charge is 0.254 e. The number of benzene rings is 2. The van der Waals surface area contributed by atoms with Crippen LogP contribution in [0.1, 0.15) is 55.8 Å². The summed E-state index contributed by atoms with van der Waals surface area (Å²) < 4.78 is 5.44. The molecule has 2 amide bonds. The number of amides is 2. The number of nitrogens with one attached hydrogen (secondary N) is 1. The van der Waals surface area contributed by atoms with Crippen LogP contribution < -0.4 is 10.1 Å². The molecule has 0 bridgehead atoms. The predicted octanol–water partition coefficient (Wildman–Crippen LogP) is 4.40. The van der Waals surface area contributed by atoms with E-state index >= 15 is 0 Å². The average molecular weight is 397 g/mol. The number of methoxy groups -OCH3 is 1. The first-order chi connectivity index (χ1) is 14.2. The van der Waals surface area contributed by atoms with Gasteiger partial charge in [-0.1, -0.05) is 50.5 Å². The average Bonchev–Trinajstić information content (AvgIpc) is 2.77. The van der Waals surface area contributed by atoms with E-state index in [9.17, 15) is 9.59 Å². The van der Waals surface area contributed by atoms with Crippen molar-refractivity contribution in [1.82, 2.24) is 10.2 Å². The van der Waals surface area contributed by atoms with Gasteiger partial charge in [0.05, 0.1) is 13.0 Å². The molecule has 3 rings (SSSR count). The number of fused-ring (bicyclic) bond motifs is 1. The molecule has 5 nitrogen and oxygen atoms in total. The lowest BCUT2D eigenvalue weighted by Gasteiger charge is -2.32. The number of rotatable bonds is 8. The summed E-state index contributed by atoms with van der Waals surface area (Å²) in [5, 5.41) is 4.88. The molecule has 1 fully saturated rings. The maximum atomic E-state index is 13.3. The molecule has 2 aromatic rings. The van der Waals surface area contributed by atoms with Crippen LogP contribution in [0.15, 0.2) is 36.4 Å². The number of unbranched alkanes of at least 4 members (excludes halogenated alkanes) is 3. The van der Waals surface area contributed by atoms with Crippen LogP contribution in [-0.4, -0.2) is 43.5 Å². The zero-order valence-electron chi connectivity index (χ0n) is 17.6. The third-order valence-corrected chi connectivity index (χ3v) is 5.74. The Morgan fingerprint density at radius 2 is 1.90 bits per heavy atom. The van der Waals surface area contributed by atoms with Gasteiger partial charge < -0.3 is 15.0 Å². The normalized spacial score (nSPS) is 16.6. The minimum atomic E-state index is -0.122. The van der Waals surface area contributed by atoms with Crippen LogP contribution in [0.2, 0.25) is 0 Å². The largest absolute Gasteiger partial charge is 0.496 e. The summed E-state index contributed by atoms with van der Waals surface area (Å²) >= 11 is 0. The summed E-state index contributed by atoms with van der Waals surface area (Å²) in [5.41, 5.74) is 0.669. The highest BCUT2D eigenvalue weighted by molar-refractivity contribution is 6.08. The summed E-state index contributed by atoms with van der Waals surface area (Å²) in [6, 6.07) is 11.5. The Bertz CT molecular complexity index is 849. The molecule has 156 valence electrons. The van der Waals surface area contributed by atoms with E-state index in [1.54, 1.807) is 7.11 Å². The van der Waals surface area contributed by atoms with Crippen LogP contribution in [0.3, 0.4) is 0 Å². The Balaban J connectivity index is 1.67. The molecule has 1 aliphatic rings. The molecule has 0 spiro atoms. The zero-order valence-corrected chi connectivity index (χ0v) is 17.6. The van der Waals surface area contributed by atoms with Crippen LogP contribution in [0, 0.1) is 5.92 Å². The van der Waals surface area contributed by atoms with Gasteiger partial charge in [-0.3, -0.25) is 9.59 Å². The van der Waals surface area contributed by atoms with Crippen molar-refractivity contribution in [2.45, 2.75) is 45.4 Å². The van der Waals surface area contributed by atoms with Crippen LogP contribution >= 0.6 is 0 Å². The number of ether oxygens (including phenoxy) is 1. The number of likely N-dealkylation sites (tertiary alicyclic amines) is 1. The molecule has 1 heterocycles. The van der Waals surface area contributed by atoms with Crippen molar-refractivity contribution in [3.8, 4) is 5.75 Å². The van der Waals surface area contributed by atoms with E-state index in [2.05, 4.69) is 12.2 Å². The second kappa shape index (κ2) is 10.3. The second-order valence-electron chi connectivity index (χ2n) is 7.80. The standard InChI is InChI=1S/C24H32N2O3/c1-3-4-5-8-15-25-23(27)18-10-9-16-26(17-18)24(28)21-13-14-22(29-2)20-12-7-6-11-19(20)21/h6-7,11-14,18H,3-5,8-10,15-17H2,1-2H3,(H,25,27). The summed E-state index contributed by atoms with van der Waals surface area (Å²) in [5.74, 6) is 0.711. The molecule has 0 aliphatic carbocycles. The molecule has 1 saturated heterocycles. The fraction of sp³-hybridized carbons (Fsp3) is 0.500. The van der Waals surface area contributed by atoms with Crippen molar-refractivity contribution in [2.75, 3.05) is 26.7 Å². The Labute approximate surface area is 173 Å². The van der Waals surface area contributed by atoms with Gasteiger partial charge in [0.2, 0.25) is 5.91 Å². The van der Waals surface area contributed by atoms with Gasteiger partial charge in [-0.2, -0.15) is 0 Å². The molecule has 0 saturated carbocycles. The molecule has 0 aromatic heterocycles. The highest BCUT2D eigenvalue weighted by Gasteiger charge is 2.29. The van der Waals surface area contributed by atoms with Crippen LogP contribution in [0.25, 0.3) is 10.8 Å². The van der Waals surface area contributed by atoms with Gasteiger partial charge in [0.1, 0.15) is 5.75 Å². The predicted molar refractivity (Wildman–Crippen MR) is 116 cm³/mol. The molecular formula is C24H32N2O3. The van der Waals surface area contributed by atoms with Crippen molar-refractivity contribution in [2.24, 2.45) is 5.92 Å². The molecule has 1 N–H and O–H groups in total. The summed E-state index contributed by atoms with van der Waals surface area (Å²) in [4.78, 5) is 27.7. The minimum Gasteiger partial charge on any atom is -0.496 e. The first-order valence-electron chi connectivity index (χ1n) is 10.8. The lowest BCUT2D eigenvalue weighted by Crippen LogP contribution is -2.45. The third-order valence-electron chi connectivity index (χ3n) is 5.74. The van der Waals surface area contributed by atoms with Crippen molar-refractivity contribution < 1.29 is 14.3 Å². The fourth-order valence-electron chi connectivity index (χ4n) is 4.09. The molecular weight excluding hydrogens is 364 g/mol. The van der Waals surface area contributed by atoms with Gasteiger partial charge in [-0.05, 0) is 36.8 Å². The number of piperidine rings is 1. The molecule has 5 heteroatoms. The molecule has 1 aliphatic heterocycles. The number of carbonyl (C=O) groups is 2. The molecule has 1 unspecified atom stereocenters. The SMILES string of the molecule is CCCCCCNC(=O)C1CCCN(C(=O)c2ccc(OC)c3ccccc23)C1. The summed E-state index contributed by atoms with van der Waals surface area (Å²) in [6.07, 6.45) is 6.26. The maximum absolute atomic E-state index is 13.3. The number of hydrogen-bond acceptors (Lipinski definition) is 3. The summed E-state index contributed by atoms with van der Waals surface area (Å²) in [7, 11) is 1.64. The quantitative estimate of drug-likeness (QED) is 0.673. The van der Waals surface area contributed by atoms with Crippen molar-refractivity contribution >= 4 is 22.6 Å². The highest BCUT2D eigenvalue weighted by Crippen LogP contribution is 2.30. The number of carbonyl (C=O) groups excluding carboxylic acids is 2. The van der Waals surface area contributed by atoms with Crippen molar-refractivity contribution in [1.29, 1.82) is 0 Å². The van der Waals surface area contributed by atoms with Crippen LogP contribution in [-0.2, 0) is 4.79 Å². The van der Waals surface area contributed by atoms with Gasteiger partial charge in [0.15, 0.2) is 0 Å². The van der Waals surface area contributed by atoms with Gasteiger partial charge in [0, 0.05) is 30.6 Å². The van der Waals surface area contributed by atoms with Crippen molar-refractivity contribution in [3.63, 3.8) is 0 Å². The van der Waals surface area contributed by atoms with Crippen molar-refractivity contribution in [3.05, 3.63) is 42.0 Å². The minimum absolute atomic E-state index is 0.00991. The lowest BCUT2D eigenvalue weighted by molar-refractivity contribution is -0.126. The van der Waals surface area contributed by atoms with Crippen LogP contribution in [0.4, 0.5) is 0 Å². The first kappa shape index (κ1) is 21.2. The Hall–Kier alpha value is -2.56. The van der Waals surface area contributed by atoms with E-state index in [1.807, 2.05) is 41.3 Å². The lowest BCUT2D eigenvalue weighted by atomic mass is 9.95. The van der Waals surface area contributed by atoms with Gasteiger partial charge >= 0.3 is 0 Å². The maximum Gasteiger partial charge on any atom is 0.254 e. The fourth-order valence-corrected chi connectivity index (χ4v) is 4.09. The third kappa shape index (κ3) is 5.08. The molecule has 29 heavy (non-hydrogen) atoms. The highest BCUT2D eigenvalue weighted by atomic mass is 16.5. The van der Waals surface area contributed by atoms with Crippen LogP contribution in [0.5, 0.6) is 5.75 Å². The van der Waals surface area contributed by atoms with Gasteiger partial charge in [-0.15, -0.1) is 0 Å². The molecule has 1 atom stereocenters. The molecule has 2 aromatic carbocycles. The van der Waals surface area contributed by atoms with Gasteiger partial charge in [0.25, 0.3) is 5.91 Å². The number of hydrogen-bond donors (Lipinski definition) is 1. The van der Waals surface area contributed by atoms with E-state index in [1.165, 1.54) is 12.8 Å². The number of nitrogens with zero attached hydrogens (tertiary/aromatic N) is 1. The van der Waals surface area contributed by atoms with E-state index in [0.717, 1.165) is 48.8 Å². The zero-order chi connectivity index (χ0) is 20.6. The first-order valence-corrected chi connectivity index (χ1v) is 10.8. The van der Waals surface area contributed by atoms with E-state index in [4.69, 9.17) is 4.74 Å². The van der Waals surface area contributed by atoms with E-state index in [0.29, 0.717) is 18.7 Å². The van der Waals surface area contributed by atoms with E-state index in [-0.39, 0.29) is 17.7 Å². The second-order valence-corrected chi connectivity index (χ2v) is 7.80. The van der Waals surface area contributed by atoms with E-state index < -0.39 is 0 Å². The monoisotopic (exact) mass is 396 g/mol. The Morgan fingerprint density at radius 3 is 2.66 bits per heavy atom. The topological polar surface area (TPSA) is 58.6 Å².